The number of allylic oxidation sites excluding steroid dienone is 8. The van der Waals surface area contributed by atoms with Gasteiger partial charge in [0.2, 0.25) is 18.1 Å². The molecule has 3 saturated heterocycles. The van der Waals surface area contributed by atoms with Crippen molar-refractivity contribution in [2.75, 3.05) is 33.2 Å². The first-order valence-electron chi connectivity index (χ1n) is 28.4. The molecule has 16 N–H and O–H groups in total. The fourth-order valence-corrected chi connectivity index (χ4v) is 8.41. The number of carboxylic acids is 2. The van der Waals surface area contributed by atoms with Gasteiger partial charge in [0.05, 0.1) is 94.1 Å². The predicted molar refractivity (Wildman–Crippen MR) is 307 cm³/mol. The summed E-state index contributed by atoms with van der Waals surface area (Å²) in [4.78, 5) is 58.8. The number of amides is 2. The molecule has 0 aliphatic carbocycles. The van der Waals surface area contributed by atoms with Crippen LogP contribution in [-0.2, 0) is 52.4 Å². The molecule has 0 spiro atoms. The molecule has 0 saturated carbocycles. The summed E-state index contributed by atoms with van der Waals surface area (Å²) in [5.41, 5.74) is 3.24. The quantitative estimate of drug-likeness (QED) is 0.0193. The number of carbonyl (C=O) groups is 4. The zero-order valence-corrected chi connectivity index (χ0v) is 50.6. The van der Waals surface area contributed by atoms with E-state index in [9.17, 15) is 80.5 Å². The van der Waals surface area contributed by atoms with Crippen LogP contribution < -0.4 is 16.1 Å². The Kier molecular flexibility index (Phi) is 42.8. The number of hydrogen-bond acceptors (Lipinski definition) is 23. The van der Waals surface area contributed by atoms with Crippen LogP contribution in [-0.4, -0.2) is 233 Å². The Hall–Kier alpha value is -4.44. The van der Waals surface area contributed by atoms with Crippen LogP contribution >= 0.6 is 0 Å². The SMILES string of the molecule is C=C/C=C\C(=C/C)CC(=O)NC1C(CC(O)CO)OC(OC(CO)CC2OC(OC3C(O)C(CO)OC(ONCOC(C)C(O)[C@H](O)CO)C3O)(C(=O)O)C[C@@H](O)C2NC(=O)CC(/C=C\C=C)=C/C)(C(=O)O)C[C@H]1O.CC.CC.CC.CCC. The van der Waals surface area contributed by atoms with E-state index in [1.807, 2.05) is 41.5 Å². The molecule has 18 atom stereocenters. The first kappa shape index (κ1) is 81.6. The smallest absolute Gasteiger partial charge is 0.364 e. The van der Waals surface area contributed by atoms with Gasteiger partial charge in [-0.1, -0.05) is 124 Å². The van der Waals surface area contributed by atoms with Crippen molar-refractivity contribution in [3.63, 3.8) is 0 Å². The third-order valence-corrected chi connectivity index (χ3v) is 12.5. The van der Waals surface area contributed by atoms with Gasteiger partial charge in [-0.3, -0.25) is 14.4 Å². The average Bonchev–Trinajstić information content (AvgIpc) is 3.42. The Morgan fingerprint density at radius 2 is 1.15 bits per heavy atom. The normalized spacial score (nSPS) is 29.7. The molecule has 3 fully saturated rings. The molecule has 3 aliphatic heterocycles. The van der Waals surface area contributed by atoms with E-state index < -0.39 is 192 Å². The number of hydroxylamine groups is 1. The van der Waals surface area contributed by atoms with Crippen molar-refractivity contribution in [1.29, 1.82) is 0 Å². The Bertz CT molecular complexity index is 2010. The molecule has 3 aliphatic rings. The van der Waals surface area contributed by atoms with E-state index in [-0.39, 0.29) is 12.8 Å². The summed E-state index contributed by atoms with van der Waals surface area (Å²) in [6, 6.07) is -3.04. The minimum atomic E-state index is -3.11. The summed E-state index contributed by atoms with van der Waals surface area (Å²) in [5, 5.41) is 143. The average molecular weight is 1210 g/mol. The molecular weight excluding hydrogens is 1110 g/mol. The monoisotopic (exact) mass is 1210 g/mol. The van der Waals surface area contributed by atoms with Gasteiger partial charge < -0.3 is 105 Å². The topological polar surface area (TPSA) is 432 Å². The lowest BCUT2D eigenvalue weighted by atomic mass is 9.88. The molecule has 27 heteroatoms. The van der Waals surface area contributed by atoms with Crippen molar-refractivity contribution in [2.45, 2.75) is 230 Å². The van der Waals surface area contributed by atoms with Crippen LogP contribution in [0.3, 0.4) is 0 Å². The highest BCUT2D eigenvalue weighted by Gasteiger charge is 2.60. The van der Waals surface area contributed by atoms with Gasteiger partial charge in [-0.25, -0.2) is 9.59 Å². The zero-order chi connectivity index (χ0) is 64.9. The molecule has 0 radical (unpaired) electrons. The third-order valence-electron chi connectivity index (χ3n) is 12.5. The van der Waals surface area contributed by atoms with Gasteiger partial charge in [-0.2, -0.15) is 5.48 Å². The van der Waals surface area contributed by atoms with E-state index in [0.717, 1.165) is 0 Å². The third kappa shape index (κ3) is 25.9. The van der Waals surface area contributed by atoms with Gasteiger partial charge in [0.25, 0.3) is 11.6 Å². The van der Waals surface area contributed by atoms with Gasteiger partial charge in [0, 0.05) is 25.7 Å². The number of aliphatic carboxylic acids is 2. The van der Waals surface area contributed by atoms with E-state index in [1.165, 1.54) is 25.5 Å². The first-order chi connectivity index (χ1) is 39.9. The second-order valence-electron chi connectivity index (χ2n) is 18.7. The van der Waals surface area contributed by atoms with Crippen molar-refractivity contribution in [3.05, 3.63) is 72.9 Å². The number of nitrogens with one attached hydrogen (secondary N) is 3. The number of ether oxygens (including phenoxy) is 6. The second kappa shape index (κ2) is 44.1. The maximum absolute atomic E-state index is 13.6. The van der Waals surface area contributed by atoms with Crippen molar-refractivity contribution in [3.8, 4) is 0 Å². The Balaban J connectivity index is 0. The van der Waals surface area contributed by atoms with Gasteiger partial charge in [-0.05, 0) is 31.9 Å². The maximum atomic E-state index is 13.6. The Morgan fingerprint density at radius 1 is 0.690 bits per heavy atom. The highest BCUT2D eigenvalue weighted by Crippen LogP contribution is 2.40. The molecule has 0 aromatic carbocycles. The fourth-order valence-electron chi connectivity index (χ4n) is 8.41. The molecule has 84 heavy (non-hydrogen) atoms. The molecular formula is C57H101N3O24. The second-order valence-corrected chi connectivity index (χ2v) is 18.7. The van der Waals surface area contributed by atoms with Crippen molar-refractivity contribution in [1.82, 2.24) is 16.1 Å². The lowest BCUT2D eigenvalue weighted by Gasteiger charge is -2.49. The standard InChI is InChI=1S/C48H75N3O24.C3H8.3C2H6/c1-6-10-12-26(8-3)14-36(60)50-38-30(57)18-47(45(65)66,72-33(38)16-28(56)20-52)71-29(21-53)17-34-39(51-37(61)15-27(9-4)13-11-7-2)31(58)19-48(73-34,46(67)68)74-43-41(63)35(23-55)70-44(42(43)64)75-49-24-69-25(5)40(62)32(59)22-54;1-3-2;3*1-2/h6-13,25,28-35,38-44,49,52-59,62-64H,1-2,14-24H2,3-5H3,(H,50,60)(H,51,61)(H,65,66)(H,67,68);3H2,1-2H3;3*1-2H3/b12-10-,13-11-,26-8+,27-9+;;;;/t25?,28?,29?,30-,31-,32-,33?,34?,35?,38?,39?,40?,41?,42?,43?,44?,47?,48?;;;;/m1..../s1. The summed E-state index contributed by atoms with van der Waals surface area (Å²) in [6.45, 7) is 23.8. The van der Waals surface area contributed by atoms with E-state index in [0.29, 0.717) is 11.1 Å². The number of carboxylic acid groups (broad SMARTS) is 2. The highest BCUT2D eigenvalue weighted by molar-refractivity contribution is 5.81. The van der Waals surface area contributed by atoms with Gasteiger partial charge in [0.15, 0.2) is 0 Å². The Morgan fingerprint density at radius 3 is 1.57 bits per heavy atom. The summed E-state index contributed by atoms with van der Waals surface area (Å²) in [6.07, 6.45) is -15.0. The molecule has 15 unspecified atom stereocenters. The molecule has 0 aromatic rings. The van der Waals surface area contributed by atoms with Crippen LogP contribution in [0.1, 0.15) is 121 Å². The number of carbonyl (C=O) groups excluding carboxylic acids is 2. The van der Waals surface area contributed by atoms with Crippen LogP contribution in [0.4, 0.5) is 0 Å². The number of rotatable bonds is 31. The number of hydrogen-bond donors (Lipinski definition) is 16. The van der Waals surface area contributed by atoms with E-state index >= 15 is 0 Å². The summed E-state index contributed by atoms with van der Waals surface area (Å²) in [7, 11) is 0. The molecule has 3 rings (SSSR count). The molecule has 0 aromatic heterocycles. The van der Waals surface area contributed by atoms with Crippen molar-refractivity contribution in [2.24, 2.45) is 0 Å². The number of aliphatic hydroxyl groups excluding tert-OH is 11. The molecule has 488 valence electrons. The van der Waals surface area contributed by atoms with Gasteiger partial charge in [-0.15, -0.1) is 0 Å². The van der Waals surface area contributed by atoms with Crippen LogP contribution in [0.5, 0.6) is 0 Å². The lowest BCUT2D eigenvalue weighted by molar-refractivity contribution is -0.373. The fraction of sp³-hybridized carbons (Fsp3) is 0.719. The predicted octanol–water partition coefficient (Wildman–Crippen LogP) is 0.403. The molecule has 27 nitrogen and oxygen atoms in total. The molecule has 2 amide bonds. The minimum Gasteiger partial charge on any atom is -0.477 e. The Labute approximate surface area is 493 Å². The van der Waals surface area contributed by atoms with Crippen LogP contribution in [0, 0.1) is 0 Å². The summed E-state index contributed by atoms with van der Waals surface area (Å²) < 4.78 is 34.6. The minimum absolute atomic E-state index is 0.220. The van der Waals surface area contributed by atoms with E-state index in [4.69, 9.17) is 38.4 Å². The van der Waals surface area contributed by atoms with Gasteiger partial charge in [0.1, 0.15) is 43.4 Å². The van der Waals surface area contributed by atoms with Gasteiger partial charge >= 0.3 is 11.9 Å². The largest absolute Gasteiger partial charge is 0.477 e. The zero-order valence-electron chi connectivity index (χ0n) is 50.6. The van der Waals surface area contributed by atoms with Crippen molar-refractivity contribution >= 4 is 23.8 Å². The highest BCUT2D eigenvalue weighted by atomic mass is 16.8. The van der Waals surface area contributed by atoms with Crippen LogP contribution in [0.25, 0.3) is 0 Å². The molecule has 0 bridgehead atoms. The van der Waals surface area contributed by atoms with Crippen molar-refractivity contribution < 1.29 is 119 Å². The van der Waals surface area contributed by atoms with Crippen LogP contribution in [0.15, 0.2) is 72.9 Å². The first-order valence-corrected chi connectivity index (χ1v) is 28.4. The summed E-state index contributed by atoms with van der Waals surface area (Å²) >= 11 is 0. The summed E-state index contributed by atoms with van der Waals surface area (Å²) in [5.74, 6) is -11.3. The van der Waals surface area contributed by atoms with E-state index in [2.05, 4.69) is 43.1 Å². The van der Waals surface area contributed by atoms with E-state index in [1.54, 1.807) is 50.3 Å². The lowest BCUT2D eigenvalue weighted by Crippen LogP contribution is -2.69. The van der Waals surface area contributed by atoms with Crippen LogP contribution in [0.2, 0.25) is 0 Å². The number of aliphatic hydroxyl groups is 11. The maximum Gasteiger partial charge on any atom is 0.364 e. The molecule has 3 heterocycles.